The van der Waals surface area contributed by atoms with Gasteiger partial charge >= 0.3 is 0 Å². The Bertz CT molecular complexity index is 585. The molecule has 0 atom stereocenters. The standard InChI is InChI=1S/C17H21N3O/c21-17(15-9-5-2-6-10-15)19-16-11-12-18-20(16)13-14-7-3-1-4-8-14/h1,3-4,7-8,11-12,15H,2,5-6,9-10,13H2,(H,19,21). The van der Waals surface area contributed by atoms with Gasteiger partial charge in [-0.2, -0.15) is 5.10 Å². The maximum atomic E-state index is 12.3. The molecule has 4 nitrogen and oxygen atoms in total. The SMILES string of the molecule is O=C(Nc1ccnn1Cc1ccccc1)C1CCCCC1. The molecule has 1 saturated carbocycles. The summed E-state index contributed by atoms with van der Waals surface area (Å²) in [4.78, 5) is 12.3. The highest BCUT2D eigenvalue weighted by Gasteiger charge is 2.21. The van der Waals surface area contributed by atoms with Gasteiger partial charge < -0.3 is 5.32 Å². The van der Waals surface area contributed by atoms with Crippen LogP contribution in [-0.4, -0.2) is 15.7 Å². The molecule has 110 valence electrons. The number of carbonyl (C=O) groups is 1. The fraction of sp³-hybridized carbons (Fsp3) is 0.412. The second-order valence-electron chi connectivity index (χ2n) is 5.68. The quantitative estimate of drug-likeness (QED) is 0.934. The minimum absolute atomic E-state index is 0.143. The molecule has 1 heterocycles. The van der Waals surface area contributed by atoms with E-state index in [4.69, 9.17) is 0 Å². The Kier molecular flexibility index (Phi) is 4.34. The van der Waals surface area contributed by atoms with Crippen LogP contribution in [0.4, 0.5) is 5.82 Å². The fourth-order valence-corrected chi connectivity index (χ4v) is 2.91. The summed E-state index contributed by atoms with van der Waals surface area (Å²) in [6.07, 6.45) is 7.36. The van der Waals surface area contributed by atoms with E-state index < -0.39 is 0 Å². The van der Waals surface area contributed by atoms with Gasteiger partial charge in [-0.3, -0.25) is 4.79 Å². The second kappa shape index (κ2) is 6.57. The molecule has 0 saturated heterocycles. The van der Waals surface area contributed by atoms with Crippen LogP contribution >= 0.6 is 0 Å². The van der Waals surface area contributed by atoms with Crippen LogP contribution in [-0.2, 0) is 11.3 Å². The van der Waals surface area contributed by atoms with Crippen molar-refractivity contribution in [1.29, 1.82) is 0 Å². The molecule has 0 radical (unpaired) electrons. The van der Waals surface area contributed by atoms with E-state index in [1.54, 1.807) is 6.20 Å². The van der Waals surface area contributed by atoms with Crippen LogP contribution in [0.1, 0.15) is 37.7 Å². The smallest absolute Gasteiger partial charge is 0.228 e. The fourth-order valence-electron chi connectivity index (χ4n) is 2.91. The molecule has 1 aromatic carbocycles. The minimum atomic E-state index is 0.143. The number of rotatable bonds is 4. The van der Waals surface area contributed by atoms with Crippen LogP contribution in [0.3, 0.4) is 0 Å². The van der Waals surface area contributed by atoms with Crippen LogP contribution in [0.15, 0.2) is 42.6 Å². The predicted octanol–water partition coefficient (Wildman–Crippen LogP) is 3.45. The van der Waals surface area contributed by atoms with Crippen LogP contribution < -0.4 is 5.32 Å². The Morgan fingerprint density at radius 3 is 2.67 bits per heavy atom. The number of hydrogen-bond acceptors (Lipinski definition) is 2. The van der Waals surface area contributed by atoms with Crippen molar-refractivity contribution in [3.63, 3.8) is 0 Å². The number of carbonyl (C=O) groups excluding carboxylic acids is 1. The second-order valence-corrected chi connectivity index (χ2v) is 5.68. The highest BCUT2D eigenvalue weighted by molar-refractivity contribution is 5.91. The third-order valence-electron chi connectivity index (χ3n) is 4.12. The lowest BCUT2D eigenvalue weighted by Crippen LogP contribution is -2.26. The van der Waals surface area contributed by atoms with Crippen molar-refractivity contribution in [1.82, 2.24) is 9.78 Å². The Morgan fingerprint density at radius 2 is 1.90 bits per heavy atom. The molecule has 0 unspecified atom stereocenters. The Labute approximate surface area is 125 Å². The van der Waals surface area contributed by atoms with E-state index >= 15 is 0 Å². The van der Waals surface area contributed by atoms with E-state index in [2.05, 4.69) is 22.5 Å². The van der Waals surface area contributed by atoms with Gasteiger partial charge in [0, 0.05) is 12.0 Å². The van der Waals surface area contributed by atoms with Crippen molar-refractivity contribution in [3.8, 4) is 0 Å². The lowest BCUT2D eigenvalue weighted by atomic mass is 9.89. The average Bonchev–Trinajstić information content (AvgIpc) is 2.96. The van der Waals surface area contributed by atoms with Crippen LogP contribution in [0, 0.1) is 5.92 Å². The minimum Gasteiger partial charge on any atom is -0.311 e. The average molecular weight is 283 g/mol. The molecule has 2 aromatic rings. The van der Waals surface area contributed by atoms with Gasteiger partial charge in [0.05, 0.1) is 12.7 Å². The normalized spacial score (nSPS) is 15.8. The molecule has 21 heavy (non-hydrogen) atoms. The van der Waals surface area contributed by atoms with E-state index in [1.807, 2.05) is 28.9 Å². The van der Waals surface area contributed by atoms with Gasteiger partial charge in [0.15, 0.2) is 0 Å². The summed E-state index contributed by atoms with van der Waals surface area (Å²) in [7, 11) is 0. The molecule has 1 aromatic heterocycles. The number of nitrogens with one attached hydrogen (secondary N) is 1. The molecule has 1 N–H and O–H groups in total. The predicted molar refractivity (Wildman–Crippen MR) is 83.0 cm³/mol. The first kappa shape index (κ1) is 13.9. The van der Waals surface area contributed by atoms with Gasteiger partial charge in [-0.25, -0.2) is 4.68 Å². The van der Waals surface area contributed by atoms with E-state index in [1.165, 1.54) is 24.8 Å². The Hall–Kier alpha value is -2.10. The molecule has 1 aliphatic rings. The number of aromatic nitrogens is 2. The topological polar surface area (TPSA) is 46.9 Å². The van der Waals surface area contributed by atoms with Crippen molar-refractivity contribution in [2.75, 3.05) is 5.32 Å². The Morgan fingerprint density at radius 1 is 1.14 bits per heavy atom. The van der Waals surface area contributed by atoms with Gasteiger partial charge in [-0.15, -0.1) is 0 Å². The summed E-state index contributed by atoms with van der Waals surface area (Å²) < 4.78 is 1.84. The zero-order chi connectivity index (χ0) is 14.5. The van der Waals surface area contributed by atoms with Crippen LogP contribution in [0.5, 0.6) is 0 Å². The zero-order valence-electron chi connectivity index (χ0n) is 12.2. The number of amides is 1. The molecule has 1 amide bonds. The first-order valence-corrected chi connectivity index (χ1v) is 7.69. The summed E-state index contributed by atoms with van der Waals surface area (Å²) in [6.45, 7) is 0.675. The van der Waals surface area contributed by atoms with Crippen molar-refractivity contribution < 1.29 is 4.79 Å². The molecular weight excluding hydrogens is 262 g/mol. The van der Waals surface area contributed by atoms with Gasteiger partial charge in [-0.1, -0.05) is 49.6 Å². The number of benzene rings is 1. The zero-order valence-corrected chi connectivity index (χ0v) is 12.2. The van der Waals surface area contributed by atoms with Gasteiger partial charge in [0.1, 0.15) is 5.82 Å². The molecule has 0 spiro atoms. The first-order valence-electron chi connectivity index (χ1n) is 7.69. The van der Waals surface area contributed by atoms with E-state index in [0.29, 0.717) is 6.54 Å². The lowest BCUT2D eigenvalue weighted by Gasteiger charge is -2.20. The monoisotopic (exact) mass is 283 g/mol. The molecule has 4 heteroatoms. The van der Waals surface area contributed by atoms with Crippen LogP contribution in [0.2, 0.25) is 0 Å². The number of hydrogen-bond donors (Lipinski definition) is 1. The first-order chi connectivity index (χ1) is 10.3. The van der Waals surface area contributed by atoms with E-state index in [0.717, 1.165) is 18.7 Å². The van der Waals surface area contributed by atoms with Gasteiger partial charge in [0.2, 0.25) is 5.91 Å². The van der Waals surface area contributed by atoms with Gasteiger partial charge in [0.25, 0.3) is 0 Å². The summed E-state index contributed by atoms with van der Waals surface area (Å²) in [5.41, 5.74) is 1.18. The molecule has 1 fully saturated rings. The van der Waals surface area contributed by atoms with Crippen LogP contribution in [0.25, 0.3) is 0 Å². The summed E-state index contributed by atoms with van der Waals surface area (Å²) in [5.74, 6) is 1.10. The van der Waals surface area contributed by atoms with Crippen molar-refractivity contribution in [2.24, 2.45) is 5.92 Å². The summed E-state index contributed by atoms with van der Waals surface area (Å²) in [6, 6.07) is 12.0. The summed E-state index contributed by atoms with van der Waals surface area (Å²) >= 11 is 0. The molecular formula is C17H21N3O. The molecule has 3 rings (SSSR count). The van der Waals surface area contributed by atoms with Crippen molar-refractivity contribution >= 4 is 11.7 Å². The van der Waals surface area contributed by atoms with E-state index in [-0.39, 0.29) is 11.8 Å². The number of anilines is 1. The van der Waals surface area contributed by atoms with Gasteiger partial charge in [-0.05, 0) is 18.4 Å². The highest BCUT2D eigenvalue weighted by Crippen LogP contribution is 2.25. The summed E-state index contributed by atoms with van der Waals surface area (Å²) in [5, 5.41) is 7.35. The lowest BCUT2D eigenvalue weighted by molar-refractivity contribution is -0.120. The molecule has 0 aliphatic heterocycles. The molecule has 1 aliphatic carbocycles. The maximum absolute atomic E-state index is 12.3. The highest BCUT2D eigenvalue weighted by atomic mass is 16.2. The van der Waals surface area contributed by atoms with E-state index in [9.17, 15) is 4.79 Å². The molecule has 0 bridgehead atoms. The largest absolute Gasteiger partial charge is 0.311 e. The maximum Gasteiger partial charge on any atom is 0.228 e. The number of nitrogens with zero attached hydrogens (tertiary/aromatic N) is 2. The Balaban J connectivity index is 1.66. The third-order valence-corrected chi connectivity index (χ3v) is 4.12. The van der Waals surface area contributed by atoms with Crippen molar-refractivity contribution in [3.05, 3.63) is 48.2 Å². The third kappa shape index (κ3) is 3.51. The van der Waals surface area contributed by atoms with Crippen molar-refractivity contribution in [2.45, 2.75) is 38.6 Å².